The average Bonchev–Trinajstić information content (AvgIpc) is 2.55. The Bertz CT molecular complexity index is 380. The summed E-state index contributed by atoms with van der Waals surface area (Å²) in [5.74, 6) is -1.07. The molecular formula is C14H31N4O5+. The monoisotopic (exact) mass is 335 g/mol. The van der Waals surface area contributed by atoms with Crippen LogP contribution in [0.4, 0.5) is 0 Å². The number of hydrogen-bond acceptors (Lipinski definition) is 8. The standard InChI is InChI=1S/C14H29NO5.H2N3/c1-5-13(15-7-3)12(18)11(17)10(9-16)20-14(13,6-2)19-8-4;1-3-2/h10-12,15-18H,5-9H2,1-4H3;1-2H/q;+1/t10-,11-,12+,13+,14?;/m1./s1. The summed E-state index contributed by atoms with van der Waals surface area (Å²) in [6.45, 7) is 8.29. The molecule has 1 heterocycles. The molecule has 1 aliphatic rings. The Morgan fingerprint density at radius 2 is 1.74 bits per heavy atom. The summed E-state index contributed by atoms with van der Waals surface area (Å²) in [7, 11) is 0. The molecule has 0 amide bonds. The fourth-order valence-electron chi connectivity index (χ4n) is 3.34. The minimum Gasteiger partial charge on any atom is -0.394 e. The quantitative estimate of drug-likeness (QED) is 0.287. The Morgan fingerprint density at radius 1 is 1.17 bits per heavy atom. The van der Waals surface area contributed by atoms with E-state index in [1.807, 2.05) is 32.6 Å². The van der Waals surface area contributed by atoms with E-state index in [0.717, 1.165) is 0 Å². The van der Waals surface area contributed by atoms with Crippen LogP contribution in [0.1, 0.15) is 40.5 Å². The van der Waals surface area contributed by atoms with Crippen molar-refractivity contribution in [2.24, 2.45) is 0 Å². The first-order valence-corrected chi connectivity index (χ1v) is 7.97. The van der Waals surface area contributed by atoms with Crippen LogP contribution < -0.4 is 10.2 Å². The molecule has 0 aromatic rings. The van der Waals surface area contributed by atoms with Crippen LogP contribution in [0.25, 0.3) is 0 Å². The third-order valence-corrected chi connectivity index (χ3v) is 4.30. The first-order valence-electron chi connectivity index (χ1n) is 7.97. The maximum Gasteiger partial charge on any atom is 0.211 e. The predicted octanol–water partition coefficient (Wildman–Crippen LogP) is 0.116. The van der Waals surface area contributed by atoms with Crippen molar-refractivity contribution in [2.75, 3.05) is 19.8 Å². The van der Waals surface area contributed by atoms with Gasteiger partial charge in [0.15, 0.2) is 5.79 Å². The zero-order valence-corrected chi connectivity index (χ0v) is 14.4. The number of hydrogen-bond donors (Lipinski definition) is 6. The van der Waals surface area contributed by atoms with E-state index in [-0.39, 0.29) is 6.61 Å². The number of ether oxygens (including phenoxy) is 2. The van der Waals surface area contributed by atoms with Crippen LogP contribution in [0.3, 0.4) is 0 Å². The van der Waals surface area contributed by atoms with Gasteiger partial charge in [0.2, 0.25) is 4.91 Å². The summed E-state index contributed by atoms with van der Waals surface area (Å²) in [6, 6.07) is 0. The van der Waals surface area contributed by atoms with Crippen LogP contribution in [0.2, 0.25) is 0 Å². The smallest absolute Gasteiger partial charge is 0.211 e. The second kappa shape index (κ2) is 10.0. The summed E-state index contributed by atoms with van der Waals surface area (Å²) in [5.41, 5.74) is 10.1. The molecule has 0 aromatic heterocycles. The molecule has 0 radical (unpaired) electrons. The van der Waals surface area contributed by atoms with Crippen molar-refractivity contribution in [3.63, 3.8) is 0 Å². The van der Waals surface area contributed by atoms with Gasteiger partial charge in [0.25, 0.3) is 0 Å². The number of aliphatic hydroxyl groups is 3. The van der Waals surface area contributed by atoms with Crippen LogP contribution >= 0.6 is 0 Å². The van der Waals surface area contributed by atoms with E-state index in [2.05, 4.69) is 5.32 Å². The van der Waals surface area contributed by atoms with Crippen molar-refractivity contribution in [1.29, 1.82) is 11.1 Å². The molecule has 1 aliphatic heterocycles. The molecule has 0 aliphatic carbocycles. The third-order valence-electron chi connectivity index (χ3n) is 4.30. The molecule has 1 fully saturated rings. The second-order valence-corrected chi connectivity index (χ2v) is 5.28. The number of nitrogens with one attached hydrogen (secondary N) is 3. The van der Waals surface area contributed by atoms with Gasteiger partial charge in [0.1, 0.15) is 34.9 Å². The maximum absolute atomic E-state index is 10.6. The number of nitrogens with zero attached hydrogens (tertiary/aromatic N) is 1. The molecule has 5 atom stereocenters. The van der Waals surface area contributed by atoms with E-state index in [4.69, 9.17) is 20.5 Å². The lowest BCUT2D eigenvalue weighted by molar-refractivity contribution is -0.365. The normalized spacial score (nSPS) is 36.7. The summed E-state index contributed by atoms with van der Waals surface area (Å²) < 4.78 is 11.8. The Hall–Kier alpha value is -0.930. The molecule has 9 heteroatoms. The summed E-state index contributed by atoms with van der Waals surface area (Å²) in [5, 5.41) is 33.5. The van der Waals surface area contributed by atoms with Crippen molar-refractivity contribution < 1.29 is 24.8 Å². The van der Waals surface area contributed by atoms with Gasteiger partial charge in [-0.1, -0.05) is 20.8 Å². The van der Waals surface area contributed by atoms with Gasteiger partial charge in [-0.25, -0.2) is 0 Å². The largest absolute Gasteiger partial charge is 0.394 e. The molecule has 0 saturated carbocycles. The van der Waals surface area contributed by atoms with Crippen molar-refractivity contribution in [3.05, 3.63) is 0 Å². The van der Waals surface area contributed by atoms with E-state index in [1.165, 1.54) is 0 Å². The van der Waals surface area contributed by atoms with Crippen LogP contribution in [-0.4, -0.2) is 64.7 Å². The molecule has 1 rings (SSSR count). The second-order valence-electron chi connectivity index (χ2n) is 5.28. The Balaban J connectivity index is 0.00000149. The lowest BCUT2D eigenvalue weighted by atomic mass is 9.73. The molecule has 23 heavy (non-hydrogen) atoms. The molecule has 0 aromatic carbocycles. The van der Waals surface area contributed by atoms with Gasteiger partial charge < -0.3 is 30.1 Å². The maximum atomic E-state index is 10.6. The highest BCUT2D eigenvalue weighted by Crippen LogP contribution is 2.43. The number of likely N-dealkylation sites (N-methyl/N-ethyl adjacent to an activating group) is 1. The predicted molar refractivity (Wildman–Crippen MR) is 82.9 cm³/mol. The van der Waals surface area contributed by atoms with Crippen LogP contribution in [0, 0.1) is 11.1 Å². The number of aliphatic hydroxyl groups excluding tert-OH is 3. The molecule has 9 nitrogen and oxygen atoms in total. The zero-order valence-electron chi connectivity index (χ0n) is 14.4. The van der Waals surface area contributed by atoms with Crippen molar-refractivity contribution in [2.45, 2.75) is 70.2 Å². The van der Waals surface area contributed by atoms with Gasteiger partial charge in [0.05, 0.1) is 6.61 Å². The average molecular weight is 335 g/mol. The third kappa shape index (κ3) is 4.13. The summed E-state index contributed by atoms with van der Waals surface area (Å²) in [6.07, 6.45) is -2.05. The molecule has 136 valence electrons. The highest BCUT2D eigenvalue weighted by Gasteiger charge is 2.62. The molecular weight excluding hydrogens is 304 g/mol. The lowest BCUT2D eigenvalue weighted by Gasteiger charge is -2.58. The van der Waals surface area contributed by atoms with Crippen molar-refractivity contribution in [1.82, 2.24) is 10.2 Å². The van der Waals surface area contributed by atoms with E-state index >= 15 is 0 Å². The lowest BCUT2D eigenvalue weighted by Crippen LogP contribution is -2.78. The van der Waals surface area contributed by atoms with Crippen LogP contribution in [0.5, 0.6) is 0 Å². The fraction of sp³-hybridized carbons (Fsp3) is 1.00. The Labute approximate surface area is 137 Å². The van der Waals surface area contributed by atoms with Crippen LogP contribution in [-0.2, 0) is 9.47 Å². The minimum atomic E-state index is -1.15. The first kappa shape index (κ1) is 22.1. The molecule has 1 saturated heterocycles. The minimum absolute atomic E-state index is 0.362. The highest BCUT2D eigenvalue weighted by molar-refractivity contribution is 5.12. The van der Waals surface area contributed by atoms with Gasteiger partial charge in [-0.15, -0.1) is 0 Å². The SMILES string of the molecule is CCN[C@@]1(CC)[C@@H](O)[C@H](O)[C@@H](CO)OC1(CC)OCC.N=[N+]=N. The molecule has 6 N–H and O–H groups in total. The van der Waals surface area contributed by atoms with Gasteiger partial charge >= 0.3 is 0 Å². The van der Waals surface area contributed by atoms with E-state index in [0.29, 0.717) is 26.0 Å². The van der Waals surface area contributed by atoms with Gasteiger partial charge in [-0.05, 0) is 19.9 Å². The van der Waals surface area contributed by atoms with E-state index in [1.54, 1.807) is 0 Å². The van der Waals surface area contributed by atoms with Gasteiger partial charge in [-0.3, -0.25) is 0 Å². The summed E-state index contributed by atoms with van der Waals surface area (Å²) >= 11 is 0. The van der Waals surface area contributed by atoms with E-state index < -0.39 is 29.6 Å². The van der Waals surface area contributed by atoms with Crippen molar-refractivity contribution in [3.8, 4) is 0 Å². The Kier molecular flexibility index (Phi) is 9.64. The topological polar surface area (TPSA) is 153 Å². The highest BCUT2D eigenvalue weighted by atomic mass is 16.7. The van der Waals surface area contributed by atoms with E-state index in [9.17, 15) is 15.3 Å². The number of rotatable bonds is 7. The van der Waals surface area contributed by atoms with Gasteiger partial charge in [-0.2, -0.15) is 0 Å². The van der Waals surface area contributed by atoms with Crippen molar-refractivity contribution >= 4 is 0 Å². The summed E-state index contributed by atoms with van der Waals surface area (Å²) in [4.78, 5) is 2.00. The molecule has 0 bridgehead atoms. The Morgan fingerprint density at radius 3 is 2.09 bits per heavy atom. The zero-order chi connectivity index (χ0) is 18.1. The van der Waals surface area contributed by atoms with Crippen LogP contribution in [0.15, 0.2) is 0 Å². The first-order chi connectivity index (χ1) is 10.9. The molecule has 1 unspecified atom stereocenters. The van der Waals surface area contributed by atoms with Gasteiger partial charge in [0, 0.05) is 13.0 Å². The fourth-order valence-corrected chi connectivity index (χ4v) is 3.34. The molecule has 0 spiro atoms.